The molecule has 0 amide bonds. The number of aromatic nitrogens is 2. The van der Waals surface area contributed by atoms with Crippen LogP contribution in [0, 0.1) is 20.8 Å². The number of H-pyrrole nitrogens is 1. The van der Waals surface area contributed by atoms with E-state index < -0.39 is 0 Å². The van der Waals surface area contributed by atoms with Crippen LogP contribution in [-0.2, 0) is 0 Å². The van der Waals surface area contributed by atoms with Crippen molar-refractivity contribution in [3.63, 3.8) is 0 Å². The van der Waals surface area contributed by atoms with Gasteiger partial charge in [0.15, 0.2) is 0 Å². The molecule has 0 aliphatic heterocycles. The summed E-state index contributed by atoms with van der Waals surface area (Å²) >= 11 is 0. The Balaban J connectivity index is 2.54. The molecule has 1 aromatic carbocycles. The summed E-state index contributed by atoms with van der Waals surface area (Å²) in [6.07, 6.45) is 1.97. The minimum Gasteiger partial charge on any atom is -0.358 e. The van der Waals surface area contributed by atoms with Crippen LogP contribution in [0.25, 0.3) is 21.8 Å². The Kier molecular flexibility index (Phi) is 1.81. The van der Waals surface area contributed by atoms with Gasteiger partial charge < -0.3 is 4.98 Å². The molecule has 16 heavy (non-hydrogen) atoms. The molecule has 0 aliphatic rings. The normalized spacial score (nSPS) is 11.4. The van der Waals surface area contributed by atoms with Crippen molar-refractivity contribution in [2.75, 3.05) is 0 Å². The Bertz CT molecular complexity index is 693. The second kappa shape index (κ2) is 3.08. The van der Waals surface area contributed by atoms with Crippen LogP contribution in [0.15, 0.2) is 24.4 Å². The Morgan fingerprint density at radius 3 is 2.69 bits per heavy atom. The standard InChI is InChI=1S/C14H14N2/c1-8-4-5-11-13(6-8)15-7-12-9(2)10(3)16-14(11)12/h4-7,16H,1-3H3. The van der Waals surface area contributed by atoms with Gasteiger partial charge in [0.2, 0.25) is 0 Å². The molecule has 0 aliphatic carbocycles. The maximum atomic E-state index is 4.52. The highest BCUT2D eigenvalue weighted by molar-refractivity contribution is 6.04. The van der Waals surface area contributed by atoms with Gasteiger partial charge in [-0.25, -0.2) is 0 Å². The first-order valence-electron chi connectivity index (χ1n) is 5.51. The highest BCUT2D eigenvalue weighted by atomic mass is 14.7. The van der Waals surface area contributed by atoms with Crippen molar-refractivity contribution in [3.05, 3.63) is 41.2 Å². The lowest BCUT2D eigenvalue weighted by Gasteiger charge is -2.00. The van der Waals surface area contributed by atoms with E-state index in [0.29, 0.717) is 0 Å². The third-order valence-electron chi connectivity index (χ3n) is 3.30. The van der Waals surface area contributed by atoms with Gasteiger partial charge in [0.25, 0.3) is 0 Å². The second-order valence-corrected chi connectivity index (χ2v) is 4.44. The molecule has 80 valence electrons. The average molecular weight is 210 g/mol. The summed E-state index contributed by atoms with van der Waals surface area (Å²) in [6, 6.07) is 6.41. The van der Waals surface area contributed by atoms with E-state index in [1.165, 1.54) is 33.1 Å². The Hall–Kier alpha value is -1.83. The van der Waals surface area contributed by atoms with E-state index >= 15 is 0 Å². The molecule has 3 rings (SSSR count). The Morgan fingerprint density at radius 1 is 1.06 bits per heavy atom. The number of aromatic amines is 1. The predicted octanol–water partition coefficient (Wildman–Crippen LogP) is 3.64. The first-order chi connectivity index (χ1) is 7.66. The molecular weight excluding hydrogens is 196 g/mol. The van der Waals surface area contributed by atoms with Crippen LogP contribution >= 0.6 is 0 Å². The zero-order valence-corrected chi connectivity index (χ0v) is 9.76. The molecule has 0 spiro atoms. The monoisotopic (exact) mass is 210 g/mol. The Labute approximate surface area is 94.3 Å². The lowest BCUT2D eigenvalue weighted by molar-refractivity contribution is 1.26. The predicted molar refractivity (Wildman–Crippen MR) is 67.8 cm³/mol. The van der Waals surface area contributed by atoms with Crippen molar-refractivity contribution < 1.29 is 0 Å². The van der Waals surface area contributed by atoms with Gasteiger partial charge in [-0.05, 0) is 38.0 Å². The molecule has 0 saturated carbocycles. The maximum absolute atomic E-state index is 4.52. The van der Waals surface area contributed by atoms with E-state index in [1.807, 2.05) is 6.20 Å². The summed E-state index contributed by atoms with van der Waals surface area (Å²) < 4.78 is 0. The SMILES string of the molecule is Cc1ccc2c(c1)ncc1c(C)c(C)[nH]c12. The molecule has 0 saturated heterocycles. The lowest BCUT2D eigenvalue weighted by atomic mass is 10.1. The van der Waals surface area contributed by atoms with Gasteiger partial charge in [-0.15, -0.1) is 0 Å². The molecule has 0 bridgehead atoms. The number of hydrogen-bond donors (Lipinski definition) is 1. The van der Waals surface area contributed by atoms with Crippen molar-refractivity contribution in [2.24, 2.45) is 0 Å². The molecule has 0 fully saturated rings. The average Bonchev–Trinajstić information content (AvgIpc) is 2.55. The molecule has 0 unspecified atom stereocenters. The smallest absolute Gasteiger partial charge is 0.0725 e. The molecule has 3 aromatic rings. The fourth-order valence-corrected chi connectivity index (χ4v) is 2.21. The zero-order valence-electron chi connectivity index (χ0n) is 9.76. The molecule has 2 heterocycles. The van der Waals surface area contributed by atoms with E-state index in [-0.39, 0.29) is 0 Å². The van der Waals surface area contributed by atoms with Crippen molar-refractivity contribution in [2.45, 2.75) is 20.8 Å². The van der Waals surface area contributed by atoms with Gasteiger partial charge in [0.05, 0.1) is 11.0 Å². The summed E-state index contributed by atoms with van der Waals surface area (Å²) in [5, 5.41) is 2.44. The van der Waals surface area contributed by atoms with Crippen molar-refractivity contribution in [1.82, 2.24) is 9.97 Å². The molecule has 1 N–H and O–H groups in total. The number of nitrogens with zero attached hydrogens (tertiary/aromatic N) is 1. The minimum atomic E-state index is 1.06. The summed E-state index contributed by atoms with van der Waals surface area (Å²) in [6.45, 7) is 6.34. The van der Waals surface area contributed by atoms with Gasteiger partial charge in [-0.2, -0.15) is 0 Å². The first kappa shape index (κ1) is 9.40. The highest BCUT2D eigenvalue weighted by Gasteiger charge is 2.08. The fourth-order valence-electron chi connectivity index (χ4n) is 2.21. The van der Waals surface area contributed by atoms with Crippen molar-refractivity contribution in [3.8, 4) is 0 Å². The fraction of sp³-hybridized carbons (Fsp3) is 0.214. The van der Waals surface area contributed by atoms with Crippen molar-refractivity contribution in [1.29, 1.82) is 0 Å². The van der Waals surface area contributed by atoms with Crippen LogP contribution < -0.4 is 0 Å². The van der Waals surface area contributed by atoms with Crippen LogP contribution in [0.1, 0.15) is 16.8 Å². The quantitative estimate of drug-likeness (QED) is 0.603. The van der Waals surface area contributed by atoms with Crippen LogP contribution in [0.3, 0.4) is 0 Å². The first-order valence-corrected chi connectivity index (χ1v) is 5.51. The number of hydrogen-bond acceptors (Lipinski definition) is 1. The van der Waals surface area contributed by atoms with E-state index in [1.54, 1.807) is 0 Å². The molecule has 0 radical (unpaired) electrons. The van der Waals surface area contributed by atoms with Gasteiger partial charge in [-0.3, -0.25) is 4.98 Å². The number of fused-ring (bicyclic) bond motifs is 3. The van der Waals surface area contributed by atoms with Gasteiger partial charge >= 0.3 is 0 Å². The number of nitrogens with one attached hydrogen (secondary N) is 1. The third kappa shape index (κ3) is 1.16. The largest absolute Gasteiger partial charge is 0.358 e. The molecule has 2 aromatic heterocycles. The van der Waals surface area contributed by atoms with E-state index in [4.69, 9.17) is 0 Å². The molecule has 0 atom stereocenters. The van der Waals surface area contributed by atoms with Crippen LogP contribution in [0.2, 0.25) is 0 Å². The summed E-state index contributed by atoms with van der Waals surface area (Å²) in [7, 11) is 0. The number of pyridine rings is 1. The van der Waals surface area contributed by atoms with E-state index in [2.05, 4.69) is 48.9 Å². The summed E-state index contributed by atoms with van der Waals surface area (Å²) in [5.74, 6) is 0. The zero-order chi connectivity index (χ0) is 11.3. The highest BCUT2D eigenvalue weighted by Crippen LogP contribution is 2.27. The third-order valence-corrected chi connectivity index (χ3v) is 3.30. The Morgan fingerprint density at radius 2 is 1.88 bits per heavy atom. The number of rotatable bonds is 0. The number of aryl methyl sites for hydroxylation is 3. The van der Waals surface area contributed by atoms with Crippen LogP contribution in [-0.4, -0.2) is 9.97 Å². The maximum Gasteiger partial charge on any atom is 0.0725 e. The van der Waals surface area contributed by atoms with Crippen LogP contribution in [0.4, 0.5) is 0 Å². The lowest BCUT2D eigenvalue weighted by Crippen LogP contribution is -1.82. The van der Waals surface area contributed by atoms with Gasteiger partial charge in [0.1, 0.15) is 0 Å². The van der Waals surface area contributed by atoms with Crippen LogP contribution in [0.5, 0.6) is 0 Å². The molecular formula is C14H14N2. The summed E-state index contributed by atoms with van der Waals surface area (Å²) in [4.78, 5) is 7.97. The van der Waals surface area contributed by atoms with E-state index in [0.717, 1.165) is 5.52 Å². The van der Waals surface area contributed by atoms with Crippen molar-refractivity contribution >= 4 is 21.8 Å². The summed E-state index contributed by atoms with van der Waals surface area (Å²) in [5.41, 5.74) is 6.04. The van der Waals surface area contributed by atoms with E-state index in [9.17, 15) is 0 Å². The molecule has 2 nitrogen and oxygen atoms in total. The molecule has 2 heteroatoms. The minimum absolute atomic E-state index is 1.06. The second-order valence-electron chi connectivity index (χ2n) is 4.44. The topological polar surface area (TPSA) is 28.7 Å². The number of benzene rings is 1. The van der Waals surface area contributed by atoms with Gasteiger partial charge in [0, 0.05) is 22.7 Å². The van der Waals surface area contributed by atoms with Gasteiger partial charge in [-0.1, -0.05) is 12.1 Å².